The number of rotatable bonds is 6. The van der Waals surface area contributed by atoms with Crippen LogP contribution in [0.4, 0.5) is 15.8 Å². The van der Waals surface area contributed by atoms with E-state index in [0.29, 0.717) is 5.69 Å². The van der Waals surface area contributed by atoms with Gasteiger partial charge in [0, 0.05) is 11.6 Å². The van der Waals surface area contributed by atoms with Gasteiger partial charge in [0.05, 0.1) is 18.8 Å². The zero-order chi connectivity index (χ0) is 18.2. The molecule has 3 amide bonds. The number of hydrogen-bond acceptors (Lipinski definition) is 4. The third-order valence-electron chi connectivity index (χ3n) is 4.12. The normalized spacial score (nSPS) is 14.1. The lowest BCUT2D eigenvalue weighted by molar-refractivity contribution is -0.123. The molecule has 0 radical (unpaired) electrons. The summed E-state index contributed by atoms with van der Waals surface area (Å²) < 4.78 is 13.9. The van der Waals surface area contributed by atoms with Crippen LogP contribution in [0, 0.1) is 11.7 Å². The van der Waals surface area contributed by atoms with E-state index in [1.165, 1.54) is 18.2 Å². The van der Waals surface area contributed by atoms with Gasteiger partial charge in [-0.05, 0) is 31.0 Å². The Kier molecular flexibility index (Phi) is 9.01. The second kappa shape index (κ2) is 10.7. The number of carbonyl (C=O) groups excluding carboxylic acids is 3. The van der Waals surface area contributed by atoms with Crippen LogP contribution in [0.15, 0.2) is 18.2 Å². The minimum absolute atomic E-state index is 0. The maximum atomic E-state index is 13.9. The van der Waals surface area contributed by atoms with E-state index >= 15 is 0 Å². The van der Waals surface area contributed by atoms with Crippen molar-refractivity contribution in [1.82, 2.24) is 5.32 Å². The van der Waals surface area contributed by atoms with Gasteiger partial charge >= 0.3 is 0 Å². The van der Waals surface area contributed by atoms with E-state index in [9.17, 15) is 18.8 Å². The van der Waals surface area contributed by atoms with Gasteiger partial charge in [-0.3, -0.25) is 14.4 Å². The SMILES string of the molecule is Cl.NCC(=O)NCC(=O)Nc1ccc(F)c(NC(=O)C2CCCCC2)c1. The number of anilines is 2. The highest BCUT2D eigenvalue weighted by molar-refractivity contribution is 5.96. The van der Waals surface area contributed by atoms with Gasteiger partial charge in [0.25, 0.3) is 0 Å². The van der Waals surface area contributed by atoms with Gasteiger partial charge in [0.15, 0.2) is 0 Å². The highest BCUT2D eigenvalue weighted by Crippen LogP contribution is 2.26. The van der Waals surface area contributed by atoms with Crippen LogP contribution in [0.1, 0.15) is 32.1 Å². The average molecular weight is 387 g/mol. The summed E-state index contributed by atoms with van der Waals surface area (Å²) in [5.41, 5.74) is 5.48. The molecule has 26 heavy (non-hydrogen) atoms. The van der Waals surface area contributed by atoms with Gasteiger partial charge in [0.1, 0.15) is 5.82 Å². The highest BCUT2D eigenvalue weighted by atomic mass is 35.5. The fraction of sp³-hybridized carbons (Fsp3) is 0.471. The van der Waals surface area contributed by atoms with Crippen molar-refractivity contribution in [2.24, 2.45) is 11.7 Å². The number of halogens is 2. The zero-order valence-corrected chi connectivity index (χ0v) is 15.2. The maximum absolute atomic E-state index is 13.9. The van der Waals surface area contributed by atoms with E-state index in [1.807, 2.05) is 0 Å². The summed E-state index contributed by atoms with van der Waals surface area (Å²) >= 11 is 0. The number of carbonyl (C=O) groups is 3. The van der Waals surface area contributed by atoms with Crippen molar-refractivity contribution >= 4 is 41.5 Å². The first-order valence-corrected chi connectivity index (χ1v) is 8.36. The number of benzene rings is 1. The van der Waals surface area contributed by atoms with Crippen molar-refractivity contribution in [3.8, 4) is 0 Å². The van der Waals surface area contributed by atoms with Crippen LogP contribution in [-0.4, -0.2) is 30.8 Å². The number of hydrogen-bond donors (Lipinski definition) is 4. The summed E-state index contributed by atoms with van der Waals surface area (Å²) in [7, 11) is 0. The van der Waals surface area contributed by atoms with Gasteiger partial charge in [-0.15, -0.1) is 12.4 Å². The Morgan fingerprint density at radius 3 is 2.42 bits per heavy atom. The minimum Gasteiger partial charge on any atom is -0.346 e. The fourth-order valence-electron chi connectivity index (χ4n) is 2.75. The molecule has 0 atom stereocenters. The van der Waals surface area contributed by atoms with Gasteiger partial charge in [-0.1, -0.05) is 19.3 Å². The molecule has 2 rings (SSSR count). The van der Waals surface area contributed by atoms with Crippen LogP contribution in [0.2, 0.25) is 0 Å². The van der Waals surface area contributed by atoms with E-state index < -0.39 is 17.6 Å². The van der Waals surface area contributed by atoms with Gasteiger partial charge < -0.3 is 21.7 Å². The molecule has 5 N–H and O–H groups in total. The Hall–Kier alpha value is -2.19. The number of nitrogens with one attached hydrogen (secondary N) is 3. The topological polar surface area (TPSA) is 113 Å². The van der Waals surface area contributed by atoms with E-state index in [-0.39, 0.29) is 43.0 Å². The van der Waals surface area contributed by atoms with Crippen molar-refractivity contribution in [3.05, 3.63) is 24.0 Å². The van der Waals surface area contributed by atoms with E-state index in [0.717, 1.165) is 32.1 Å². The molecule has 1 aliphatic carbocycles. The molecule has 9 heteroatoms. The molecule has 1 aromatic carbocycles. The first-order chi connectivity index (χ1) is 12.0. The second-order valence-corrected chi connectivity index (χ2v) is 6.05. The fourth-order valence-corrected chi connectivity index (χ4v) is 2.75. The predicted molar refractivity (Wildman–Crippen MR) is 99.5 cm³/mol. The first kappa shape index (κ1) is 21.9. The summed E-state index contributed by atoms with van der Waals surface area (Å²) in [6.07, 6.45) is 4.76. The monoisotopic (exact) mass is 386 g/mol. The van der Waals surface area contributed by atoms with E-state index in [1.54, 1.807) is 0 Å². The van der Waals surface area contributed by atoms with Crippen LogP contribution < -0.4 is 21.7 Å². The molecule has 0 aromatic heterocycles. The summed E-state index contributed by atoms with van der Waals surface area (Å²) in [6, 6.07) is 3.91. The molecule has 144 valence electrons. The van der Waals surface area contributed by atoms with Crippen molar-refractivity contribution in [2.75, 3.05) is 23.7 Å². The third kappa shape index (κ3) is 6.61. The lowest BCUT2D eigenvalue weighted by atomic mass is 9.88. The predicted octanol–water partition coefficient (Wildman–Crippen LogP) is 1.78. The van der Waals surface area contributed by atoms with E-state index in [4.69, 9.17) is 5.73 Å². The lowest BCUT2D eigenvalue weighted by Crippen LogP contribution is -2.36. The van der Waals surface area contributed by atoms with Gasteiger partial charge in [-0.2, -0.15) is 0 Å². The van der Waals surface area contributed by atoms with Crippen molar-refractivity contribution in [3.63, 3.8) is 0 Å². The molecule has 0 saturated heterocycles. The Bertz CT molecular complexity index is 651. The van der Waals surface area contributed by atoms with Crippen LogP contribution in [0.25, 0.3) is 0 Å². The number of nitrogens with two attached hydrogens (primary N) is 1. The van der Waals surface area contributed by atoms with Crippen LogP contribution in [0.5, 0.6) is 0 Å². The molecule has 0 unspecified atom stereocenters. The summed E-state index contributed by atoms with van der Waals surface area (Å²) in [6.45, 7) is -0.446. The van der Waals surface area contributed by atoms with Crippen LogP contribution >= 0.6 is 12.4 Å². The quantitative estimate of drug-likeness (QED) is 0.596. The Morgan fingerprint density at radius 1 is 1.08 bits per heavy atom. The minimum atomic E-state index is -0.571. The van der Waals surface area contributed by atoms with Crippen LogP contribution in [0.3, 0.4) is 0 Å². The number of amides is 3. The zero-order valence-electron chi connectivity index (χ0n) is 14.3. The van der Waals surface area contributed by atoms with Gasteiger partial charge in [0.2, 0.25) is 17.7 Å². The van der Waals surface area contributed by atoms with Crippen LogP contribution in [-0.2, 0) is 14.4 Å². The molecule has 0 spiro atoms. The van der Waals surface area contributed by atoms with Crippen molar-refractivity contribution < 1.29 is 18.8 Å². The molecule has 1 aliphatic rings. The first-order valence-electron chi connectivity index (χ1n) is 8.36. The average Bonchev–Trinajstić information content (AvgIpc) is 2.63. The largest absolute Gasteiger partial charge is 0.346 e. The third-order valence-corrected chi connectivity index (χ3v) is 4.12. The molecule has 7 nitrogen and oxygen atoms in total. The van der Waals surface area contributed by atoms with E-state index in [2.05, 4.69) is 16.0 Å². The molecular formula is C17H24ClFN4O3. The molecule has 0 aliphatic heterocycles. The van der Waals surface area contributed by atoms with Crippen molar-refractivity contribution in [1.29, 1.82) is 0 Å². The van der Waals surface area contributed by atoms with Crippen molar-refractivity contribution in [2.45, 2.75) is 32.1 Å². The Balaban J connectivity index is 0.00000338. The molecule has 0 bridgehead atoms. The standard InChI is InChI=1S/C17H23FN4O3.ClH/c18-13-7-6-12(21-16(24)10-20-15(23)9-19)8-14(13)22-17(25)11-4-2-1-3-5-11;/h6-8,11H,1-5,9-10,19H2,(H,20,23)(H,21,24)(H,22,25);1H. The molecule has 1 aromatic rings. The highest BCUT2D eigenvalue weighted by Gasteiger charge is 2.22. The molecule has 1 saturated carbocycles. The molecule has 0 heterocycles. The second-order valence-electron chi connectivity index (χ2n) is 6.05. The maximum Gasteiger partial charge on any atom is 0.243 e. The summed E-state index contributed by atoms with van der Waals surface area (Å²) in [5, 5.41) is 7.46. The Labute approximate surface area is 157 Å². The molecular weight excluding hydrogens is 363 g/mol. The lowest BCUT2D eigenvalue weighted by Gasteiger charge is -2.21. The Morgan fingerprint density at radius 2 is 1.77 bits per heavy atom. The smallest absolute Gasteiger partial charge is 0.243 e. The van der Waals surface area contributed by atoms with Gasteiger partial charge in [-0.25, -0.2) is 4.39 Å². The molecule has 1 fully saturated rings. The summed E-state index contributed by atoms with van der Waals surface area (Å²) in [5.74, 6) is -1.79. The summed E-state index contributed by atoms with van der Waals surface area (Å²) in [4.78, 5) is 35.0.